The second-order valence-corrected chi connectivity index (χ2v) is 6.09. The Labute approximate surface area is 150 Å². The second kappa shape index (κ2) is 7.45. The van der Waals surface area contributed by atoms with E-state index in [-0.39, 0.29) is 5.97 Å². The van der Waals surface area contributed by atoms with Crippen LogP contribution in [0.25, 0.3) is 21.8 Å². The highest BCUT2D eigenvalue weighted by molar-refractivity contribution is 6.31. The number of hydrogen-bond acceptors (Lipinski definition) is 2. The molecule has 4 aromatic rings. The summed E-state index contributed by atoms with van der Waals surface area (Å²) in [5, 5.41) is 3.05. The van der Waals surface area contributed by atoms with Gasteiger partial charge in [-0.1, -0.05) is 35.9 Å². The van der Waals surface area contributed by atoms with Crippen LogP contribution in [0.2, 0.25) is 5.02 Å². The monoisotopic (exact) mass is 354 g/mol. The number of carbonyl (C=O) groups excluding carboxylic acids is 1. The topological polar surface area (TPSA) is 57.9 Å². The Kier molecular flexibility index (Phi) is 5.10. The van der Waals surface area contributed by atoms with Crippen molar-refractivity contribution in [2.24, 2.45) is 0 Å². The van der Waals surface area contributed by atoms with Gasteiger partial charge < -0.3 is 14.7 Å². The summed E-state index contributed by atoms with van der Waals surface area (Å²) < 4.78 is 4.89. The van der Waals surface area contributed by atoms with Gasteiger partial charge in [0.05, 0.1) is 6.61 Å². The molecule has 0 aliphatic rings. The van der Waals surface area contributed by atoms with Gasteiger partial charge in [-0.2, -0.15) is 0 Å². The van der Waals surface area contributed by atoms with E-state index >= 15 is 0 Å². The van der Waals surface area contributed by atoms with E-state index in [1.165, 1.54) is 10.9 Å². The number of fused-ring (bicyclic) bond motifs is 2. The number of para-hydroxylation sites is 1. The van der Waals surface area contributed by atoms with Crippen molar-refractivity contribution in [3.8, 4) is 0 Å². The van der Waals surface area contributed by atoms with Crippen LogP contribution < -0.4 is 0 Å². The SMILES string of the molecule is CCOC(=O)c1cc2ccccc2[nH]1.Cc1c[nH]c2cc(Cl)ccc12. The van der Waals surface area contributed by atoms with E-state index in [0.717, 1.165) is 21.4 Å². The van der Waals surface area contributed by atoms with Crippen LogP contribution in [0.4, 0.5) is 0 Å². The number of rotatable bonds is 2. The van der Waals surface area contributed by atoms with Crippen LogP contribution in [0, 0.1) is 6.92 Å². The number of benzene rings is 2. The fourth-order valence-electron chi connectivity index (χ4n) is 2.64. The summed E-state index contributed by atoms with van der Waals surface area (Å²) in [6.45, 7) is 4.27. The molecular weight excluding hydrogens is 336 g/mol. The average Bonchev–Trinajstić information content (AvgIpc) is 3.19. The molecule has 0 fully saturated rings. The number of carbonyl (C=O) groups is 1. The highest BCUT2D eigenvalue weighted by atomic mass is 35.5. The maximum absolute atomic E-state index is 11.4. The van der Waals surface area contributed by atoms with Crippen LogP contribution in [-0.4, -0.2) is 22.5 Å². The van der Waals surface area contributed by atoms with Crippen molar-refractivity contribution >= 4 is 39.4 Å². The molecular formula is C20H19ClN2O2. The second-order valence-electron chi connectivity index (χ2n) is 5.65. The molecule has 0 amide bonds. The first kappa shape index (κ1) is 17.1. The third-order valence-electron chi connectivity index (χ3n) is 3.88. The Morgan fingerprint density at radius 2 is 1.92 bits per heavy atom. The number of nitrogens with one attached hydrogen (secondary N) is 2. The molecule has 25 heavy (non-hydrogen) atoms. The zero-order valence-corrected chi connectivity index (χ0v) is 14.9. The fraction of sp³-hybridized carbons (Fsp3) is 0.150. The van der Waals surface area contributed by atoms with Gasteiger partial charge in [0.15, 0.2) is 0 Å². The average molecular weight is 355 g/mol. The molecule has 0 aliphatic heterocycles. The van der Waals surface area contributed by atoms with Crippen LogP contribution >= 0.6 is 11.6 Å². The van der Waals surface area contributed by atoms with E-state index in [2.05, 4.69) is 16.9 Å². The van der Waals surface area contributed by atoms with Crippen LogP contribution in [0.5, 0.6) is 0 Å². The van der Waals surface area contributed by atoms with E-state index < -0.39 is 0 Å². The lowest BCUT2D eigenvalue weighted by Gasteiger charge is -1.96. The molecule has 2 aromatic carbocycles. The Balaban J connectivity index is 0.000000150. The number of hydrogen-bond donors (Lipinski definition) is 2. The molecule has 0 aliphatic carbocycles. The highest BCUT2D eigenvalue weighted by Gasteiger charge is 2.09. The van der Waals surface area contributed by atoms with Gasteiger partial charge in [0.1, 0.15) is 5.69 Å². The number of ether oxygens (including phenoxy) is 1. The summed E-state index contributed by atoms with van der Waals surface area (Å²) in [7, 11) is 0. The zero-order chi connectivity index (χ0) is 17.8. The largest absolute Gasteiger partial charge is 0.461 e. The van der Waals surface area contributed by atoms with Crippen molar-refractivity contribution in [2.45, 2.75) is 13.8 Å². The van der Waals surface area contributed by atoms with Crippen molar-refractivity contribution in [1.29, 1.82) is 0 Å². The minimum Gasteiger partial charge on any atom is -0.461 e. The lowest BCUT2D eigenvalue weighted by molar-refractivity contribution is 0.0520. The molecule has 4 rings (SSSR count). The predicted octanol–water partition coefficient (Wildman–Crippen LogP) is 5.47. The van der Waals surface area contributed by atoms with E-state index in [4.69, 9.17) is 16.3 Å². The number of esters is 1. The summed E-state index contributed by atoms with van der Waals surface area (Å²) in [5.41, 5.74) is 3.83. The van der Waals surface area contributed by atoms with E-state index in [0.29, 0.717) is 12.3 Å². The Hall–Kier alpha value is -2.72. The molecule has 0 radical (unpaired) electrons. The number of aryl methyl sites for hydroxylation is 1. The Bertz CT molecular complexity index is 984. The molecule has 2 N–H and O–H groups in total. The van der Waals surface area contributed by atoms with Gasteiger partial charge in [-0.15, -0.1) is 0 Å². The summed E-state index contributed by atoms with van der Waals surface area (Å²) in [6.07, 6.45) is 1.99. The van der Waals surface area contributed by atoms with Crippen LogP contribution in [0.15, 0.2) is 54.7 Å². The quantitative estimate of drug-likeness (QED) is 0.468. The molecule has 128 valence electrons. The van der Waals surface area contributed by atoms with Crippen molar-refractivity contribution in [2.75, 3.05) is 6.61 Å². The van der Waals surface area contributed by atoms with Gasteiger partial charge in [-0.3, -0.25) is 0 Å². The first-order valence-electron chi connectivity index (χ1n) is 8.06. The van der Waals surface area contributed by atoms with Crippen molar-refractivity contribution < 1.29 is 9.53 Å². The third kappa shape index (κ3) is 3.86. The molecule has 4 nitrogen and oxygen atoms in total. The van der Waals surface area contributed by atoms with Crippen molar-refractivity contribution in [1.82, 2.24) is 9.97 Å². The lowest BCUT2D eigenvalue weighted by atomic mass is 10.2. The zero-order valence-electron chi connectivity index (χ0n) is 14.1. The first-order valence-corrected chi connectivity index (χ1v) is 8.44. The maximum atomic E-state index is 11.4. The molecule has 0 atom stereocenters. The first-order chi connectivity index (χ1) is 12.1. The molecule has 2 aromatic heterocycles. The number of aromatic amines is 2. The van der Waals surface area contributed by atoms with Crippen LogP contribution in [-0.2, 0) is 4.74 Å². The normalized spacial score (nSPS) is 10.5. The van der Waals surface area contributed by atoms with Crippen LogP contribution in [0.3, 0.4) is 0 Å². The molecule has 0 spiro atoms. The maximum Gasteiger partial charge on any atom is 0.354 e. The van der Waals surface area contributed by atoms with Crippen molar-refractivity contribution in [3.63, 3.8) is 0 Å². The molecule has 0 bridgehead atoms. The van der Waals surface area contributed by atoms with Gasteiger partial charge in [0.2, 0.25) is 0 Å². The summed E-state index contributed by atoms with van der Waals surface area (Å²) in [5.74, 6) is -0.302. The van der Waals surface area contributed by atoms with E-state index in [9.17, 15) is 4.79 Å². The fourth-order valence-corrected chi connectivity index (χ4v) is 2.81. The van der Waals surface area contributed by atoms with Gasteiger partial charge >= 0.3 is 5.97 Å². The van der Waals surface area contributed by atoms with Crippen LogP contribution in [0.1, 0.15) is 23.0 Å². The molecule has 0 saturated carbocycles. The van der Waals surface area contributed by atoms with Crippen molar-refractivity contribution in [3.05, 3.63) is 71.0 Å². The number of aromatic nitrogens is 2. The molecule has 5 heteroatoms. The van der Waals surface area contributed by atoms with E-state index in [1.54, 1.807) is 13.0 Å². The Morgan fingerprint density at radius 3 is 2.68 bits per heavy atom. The Morgan fingerprint density at radius 1 is 1.12 bits per heavy atom. The predicted molar refractivity (Wildman–Crippen MR) is 102 cm³/mol. The lowest BCUT2D eigenvalue weighted by Crippen LogP contribution is -2.04. The minimum atomic E-state index is -0.302. The highest BCUT2D eigenvalue weighted by Crippen LogP contribution is 2.20. The molecule has 2 heterocycles. The molecule has 0 unspecified atom stereocenters. The number of halogens is 1. The third-order valence-corrected chi connectivity index (χ3v) is 4.11. The van der Waals surface area contributed by atoms with E-state index in [1.807, 2.05) is 48.7 Å². The minimum absolute atomic E-state index is 0.302. The van der Waals surface area contributed by atoms with Gasteiger partial charge in [0, 0.05) is 33.0 Å². The van der Waals surface area contributed by atoms with Gasteiger partial charge in [-0.25, -0.2) is 4.79 Å². The summed E-state index contributed by atoms with van der Waals surface area (Å²) in [6, 6.07) is 15.4. The van der Waals surface area contributed by atoms with Gasteiger partial charge in [-0.05, 0) is 43.7 Å². The smallest absolute Gasteiger partial charge is 0.354 e. The summed E-state index contributed by atoms with van der Waals surface area (Å²) in [4.78, 5) is 17.5. The number of H-pyrrole nitrogens is 2. The van der Waals surface area contributed by atoms with Gasteiger partial charge in [0.25, 0.3) is 0 Å². The molecule has 0 saturated heterocycles. The summed E-state index contributed by atoms with van der Waals surface area (Å²) >= 11 is 5.81. The standard InChI is InChI=1S/C11H11NO2.C9H8ClN/c1-2-14-11(13)10-7-8-5-3-4-6-9(8)12-10;1-6-5-11-9-4-7(10)2-3-8(6)9/h3-7,12H,2H2,1H3;2-5,11H,1H3.